The molecule has 0 bridgehead atoms. The van der Waals surface area contributed by atoms with Gasteiger partial charge in [0.1, 0.15) is 6.10 Å². The fourth-order valence-electron chi connectivity index (χ4n) is 4.73. The van der Waals surface area contributed by atoms with Crippen molar-refractivity contribution in [3.63, 3.8) is 0 Å². The third kappa shape index (κ3) is 25.5. The molecule has 0 N–H and O–H groups in total. The van der Waals surface area contributed by atoms with Crippen molar-refractivity contribution in [2.24, 2.45) is 5.92 Å². The minimum absolute atomic E-state index is 0.351. The van der Waals surface area contributed by atoms with E-state index < -0.39 is 0 Å². The smallest absolute Gasteiger partial charge is 0.104 e. The van der Waals surface area contributed by atoms with Gasteiger partial charge in [0.05, 0.1) is 26.4 Å². The maximum absolute atomic E-state index is 6.06. The molecule has 1 unspecified atom stereocenters. The second-order valence-electron chi connectivity index (χ2n) is 11.2. The van der Waals surface area contributed by atoms with Crippen LogP contribution in [0.2, 0.25) is 0 Å². The fourth-order valence-corrected chi connectivity index (χ4v) is 4.73. The van der Waals surface area contributed by atoms with Gasteiger partial charge in [-0.1, -0.05) is 129 Å². The molecule has 0 radical (unpaired) electrons. The maximum atomic E-state index is 6.06. The molecule has 4 heteroatoms. The Hall–Kier alpha value is -0.160. The van der Waals surface area contributed by atoms with Gasteiger partial charge < -0.3 is 18.9 Å². The second kappa shape index (κ2) is 27.9. The van der Waals surface area contributed by atoms with Gasteiger partial charge in [-0.25, -0.2) is 0 Å². The zero-order valence-corrected chi connectivity index (χ0v) is 24.6. The predicted molar refractivity (Wildman–Crippen MR) is 154 cm³/mol. The van der Waals surface area contributed by atoms with E-state index in [1.807, 2.05) is 0 Å². The molecule has 4 nitrogen and oxygen atoms in total. The summed E-state index contributed by atoms with van der Waals surface area (Å²) < 4.78 is 23.1. The Labute approximate surface area is 226 Å². The van der Waals surface area contributed by atoms with Crippen molar-refractivity contribution in [3.05, 3.63) is 0 Å². The molecular weight excluding hydrogens is 448 g/mol. The Bertz CT molecular complexity index is 385. The first kappa shape index (κ1) is 33.9. The van der Waals surface area contributed by atoms with Crippen molar-refractivity contribution in [2.45, 2.75) is 155 Å². The third-order valence-electron chi connectivity index (χ3n) is 7.37. The van der Waals surface area contributed by atoms with Crippen LogP contribution < -0.4 is 0 Å². The van der Waals surface area contributed by atoms with E-state index >= 15 is 0 Å². The highest BCUT2D eigenvalue weighted by Crippen LogP contribution is 2.14. The predicted octanol–water partition coefficient (Wildman–Crippen LogP) is 9.28. The van der Waals surface area contributed by atoms with Crippen molar-refractivity contribution < 1.29 is 18.9 Å². The normalized spacial score (nSPS) is 15.2. The van der Waals surface area contributed by atoms with Gasteiger partial charge in [0.2, 0.25) is 0 Å². The van der Waals surface area contributed by atoms with Crippen LogP contribution in [-0.4, -0.2) is 52.4 Å². The highest BCUT2D eigenvalue weighted by Gasteiger charge is 2.22. The van der Waals surface area contributed by atoms with Crippen LogP contribution in [0.1, 0.15) is 149 Å². The number of hydrogen-bond donors (Lipinski definition) is 0. The lowest BCUT2D eigenvalue weighted by atomic mass is 10.1. The molecule has 1 aliphatic heterocycles. The van der Waals surface area contributed by atoms with E-state index in [9.17, 15) is 0 Å². The third-order valence-corrected chi connectivity index (χ3v) is 7.37. The zero-order chi connectivity index (χ0) is 25.8. The summed E-state index contributed by atoms with van der Waals surface area (Å²) in [7, 11) is 0. The highest BCUT2D eigenvalue weighted by atomic mass is 16.6. The van der Waals surface area contributed by atoms with Crippen LogP contribution >= 0.6 is 0 Å². The summed E-state index contributed by atoms with van der Waals surface area (Å²) in [5, 5.41) is 0. The van der Waals surface area contributed by atoms with E-state index in [1.54, 1.807) is 0 Å². The van der Waals surface area contributed by atoms with E-state index in [0.29, 0.717) is 12.0 Å². The Kier molecular flexibility index (Phi) is 26.2. The summed E-state index contributed by atoms with van der Waals surface area (Å²) in [6, 6.07) is 0. The van der Waals surface area contributed by atoms with Gasteiger partial charge in [-0.2, -0.15) is 0 Å². The van der Waals surface area contributed by atoms with Gasteiger partial charge >= 0.3 is 0 Å². The summed E-state index contributed by atoms with van der Waals surface area (Å²) >= 11 is 0. The monoisotopic (exact) mass is 512 g/mol. The largest absolute Gasteiger partial charge is 0.381 e. The van der Waals surface area contributed by atoms with Gasteiger partial charge in [-0.15, -0.1) is 0 Å². The quantitative estimate of drug-likeness (QED) is 0.0685. The molecule has 1 saturated heterocycles. The van der Waals surface area contributed by atoms with Gasteiger partial charge in [0, 0.05) is 25.7 Å². The van der Waals surface area contributed by atoms with Crippen LogP contribution in [0.15, 0.2) is 0 Å². The van der Waals surface area contributed by atoms with Crippen molar-refractivity contribution in [1.82, 2.24) is 0 Å². The van der Waals surface area contributed by atoms with Crippen LogP contribution in [-0.2, 0) is 18.9 Å². The lowest BCUT2D eigenvalue weighted by Crippen LogP contribution is -2.20. The average Bonchev–Trinajstić information content (AvgIpc) is 3.72. The summed E-state index contributed by atoms with van der Waals surface area (Å²) in [5.74, 6) is 0.441. The summed E-state index contributed by atoms with van der Waals surface area (Å²) in [6.07, 6.45) is 28.7. The average molecular weight is 513 g/mol. The molecule has 0 aromatic carbocycles. The first-order chi connectivity index (χ1) is 17.9. The topological polar surface area (TPSA) is 40.2 Å². The van der Waals surface area contributed by atoms with Crippen LogP contribution in [0.25, 0.3) is 0 Å². The minimum atomic E-state index is 0.351. The number of hydrogen-bond acceptors (Lipinski definition) is 4. The zero-order valence-electron chi connectivity index (χ0n) is 24.6. The number of unbranched alkanes of at least 4 members (excludes halogenated alkanes) is 18. The lowest BCUT2D eigenvalue weighted by Gasteiger charge is -2.17. The molecule has 1 fully saturated rings. The number of epoxide rings is 1. The molecule has 1 heterocycles. The molecule has 1 aliphatic rings. The lowest BCUT2D eigenvalue weighted by molar-refractivity contribution is 0.0176. The van der Waals surface area contributed by atoms with Crippen LogP contribution in [0.3, 0.4) is 0 Å². The van der Waals surface area contributed by atoms with Crippen LogP contribution in [0, 0.1) is 5.92 Å². The molecule has 1 rings (SSSR count). The fraction of sp³-hybridized carbons (Fsp3) is 1.00. The number of rotatable bonds is 31. The molecule has 0 amide bonds. The standard InChI is InChI=1S/C32H64O4/c1-3-5-7-9-11-13-15-17-19-21-24-33-27-31(23-26-35-29-32-30-36-32)28-34-25-22-20-18-16-14-12-10-8-6-4-2/h31-32H,3-30H2,1-2H3. The second-order valence-corrected chi connectivity index (χ2v) is 11.2. The Morgan fingerprint density at radius 3 is 1.31 bits per heavy atom. The van der Waals surface area contributed by atoms with Gasteiger partial charge in [-0.3, -0.25) is 0 Å². The highest BCUT2D eigenvalue weighted by molar-refractivity contribution is 4.67. The molecule has 0 aromatic heterocycles. The summed E-state index contributed by atoms with van der Waals surface area (Å²) in [6.45, 7) is 10.4. The first-order valence-electron chi connectivity index (χ1n) is 16.2. The Morgan fingerprint density at radius 2 is 0.917 bits per heavy atom. The SMILES string of the molecule is CCCCCCCCCCCCOCC(CCOCC1CO1)COCCCCCCCCCCCC. The molecule has 0 aromatic rings. The number of ether oxygens (including phenoxy) is 4. The van der Waals surface area contributed by atoms with E-state index in [4.69, 9.17) is 18.9 Å². The van der Waals surface area contributed by atoms with E-state index in [0.717, 1.165) is 52.7 Å². The summed E-state index contributed by atoms with van der Waals surface area (Å²) in [5.41, 5.74) is 0. The van der Waals surface area contributed by atoms with E-state index in [2.05, 4.69) is 13.8 Å². The molecule has 0 spiro atoms. The van der Waals surface area contributed by atoms with Gasteiger partial charge in [0.25, 0.3) is 0 Å². The van der Waals surface area contributed by atoms with Crippen molar-refractivity contribution in [3.8, 4) is 0 Å². The Balaban J connectivity index is 1.97. The minimum Gasteiger partial charge on any atom is -0.381 e. The van der Waals surface area contributed by atoms with Gasteiger partial charge in [-0.05, 0) is 19.3 Å². The molecule has 0 aliphatic carbocycles. The molecule has 216 valence electrons. The van der Waals surface area contributed by atoms with Crippen molar-refractivity contribution in [2.75, 3.05) is 46.2 Å². The molecule has 36 heavy (non-hydrogen) atoms. The van der Waals surface area contributed by atoms with Gasteiger partial charge in [0.15, 0.2) is 0 Å². The van der Waals surface area contributed by atoms with Crippen LogP contribution in [0.5, 0.6) is 0 Å². The molecular formula is C32H64O4. The van der Waals surface area contributed by atoms with Crippen molar-refractivity contribution in [1.29, 1.82) is 0 Å². The molecule has 1 atom stereocenters. The first-order valence-corrected chi connectivity index (χ1v) is 16.2. The van der Waals surface area contributed by atoms with Crippen molar-refractivity contribution >= 4 is 0 Å². The summed E-state index contributed by atoms with van der Waals surface area (Å²) in [4.78, 5) is 0. The van der Waals surface area contributed by atoms with E-state index in [1.165, 1.54) is 128 Å². The van der Waals surface area contributed by atoms with Crippen LogP contribution in [0.4, 0.5) is 0 Å². The maximum Gasteiger partial charge on any atom is 0.104 e. The van der Waals surface area contributed by atoms with E-state index in [-0.39, 0.29) is 0 Å². The Morgan fingerprint density at radius 1 is 0.528 bits per heavy atom. The molecule has 0 saturated carbocycles.